The van der Waals surface area contributed by atoms with E-state index in [2.05, 4.69) is 30.7 Å². The Morgan fingerprint density at radius 1 is 1.17 bits per heavy atom. The summed E-state index contributed by atoms with van der Waals surface area (Å²) in [6.07, 6.45) is 1.78. The van der Waals surface area contributed by atoms with Gasteiger partial charge in [0.2, 0.25) is 0 Å². The first-order chi connectivity index (χ1) is 10.9. The van der Waals surface area contributed by atoms with Gasteiger partial charge in [-0.25, -0.2) is 4.79 Å². The number of aromatic amines is 1. The molecular weight excluding hydrogens is 288 g/mol. The van der Waals surface area contributed by atoms with Gasteiger partial charge in [-0.2, -0.15) is 0 Å². The van der Waals surface area contributed by atoms with Crippen molar-refractivity contribution in [3.63, 3.8) is 0 Å². The van der Waals surface area contributed by atoms with Crippen LogP contribution in [-0.2, 0) is 10.2 Å². The molecule has 0 saturated heterocycles. The molecule has 0 unspecified atom stereocenters. The summed E-state index contributed by atoms with van der Waals surface area (Å²) < 4.78 is 4.81. The quantitative estimate of drug-likeness (QED) is 0.718. The fraction of sp³-hybridized carbons (Fsp3) is 0.263. The third-order valence-electron chi connectivity index (χ3n) is 3.89. The Morgan fingerprint density at radius 2 is 1.96 bits per heavy atom. The highest BCUT2D eigenvalue weighted by molar-refractivity contribution is 5.98. The molecule has 0 saturated carbocycles. The molecule has 4 nitrogen and oxygen atoms in total. The Balaban J connectivity index is 2.29. The predicted molar refractivity (Wildman–Crippen MR) is 91.6 cm³/mol. The van der Waals surface area contributed by atoms with Crippen molar-refractivity contribution in [3.8, 4) is 11.4 Å². The number of pyridine rings is 1. The molecule has 0 aliphatic heterocycles. The van der Waals surface area contributed by atoms with Crippen molar-refractivity contribution < 1.29 is 9.53 Å². The lowest BCUT2D eigenvalue weighted by Crippen LogP contribution is -2.12. The van der Waals surface area contributed by atoms with Crippen LogP contribution in [0.15, 0.2) is 42.6 Å². The summed E-state index contributed by atoms with van der Waals surface area (Å²) in [6, 6.07) is 11.5. The zero-order valence-electron chi connectivity index (χ0n) is 13.8. The average Bonchev–Trinajstić information content (AvgIpc) is 2.93. The summed E-state index contributed by atoms with van der Waals surface area (Å²) in [6.45, 7) is 6.53. The van der Waals surface area contributed by atoms with Crippen LogP contribution in [-0.4, -0.2) is 23.0 Å². The topological polar surface area (TPSA) is 55.0 Å². The fourth-order valence-electron chi connectivity index (χ4n) is 2.92. The van der Waals surface area contributed by atoms with Crippen molar-refractivity contribution >= 4 is 16.9 Å². The van der Waals surface area contributed by atoms with Crippen LogP contribution in [0.2, 0.25) is 0 Å². The Kier molecular flexibility index (Phi) is 3.68. The Hall–Kier alpha value is -2.62. The van der Waals surface area contributed by atoms with E-state index in [1.807, 2.05) is 30.3 Å². The maximum absolute atomic E-state index is 11.8. The Morgan fingerprint density at radius 3 is 2.57 bits per heavy atom. The molecule has 0 spiro atoms. The molecule has 0 amide bonds. The van der Waals surface area contributed by atoms with Crippen LogP contribution in [0.4, 0.5) is 0 Å². The number of hydrogen-bond donors (Lipinski definition) is 1. The SMILES string of the molecule is COC(=O)c1ccc2c(C(C)(C)C)c(-c3ccccn3)[nH]c2c1. The van der Waals surface area contributed by atoms with Crippen LogP contribution in [0.25, 0.3) is 22.3 Å². The molecule has 0 bridgehead atoms. The minimum Gasteiger partial charge on any atom is -0.465 e. The van der Waals surface area contributed by atoms with Gasteiger partial charge in [-0.1, -0.05) is 32.9 Å². The first-order valence-electron chi connectivity index (χ1n) is 7.58. The second-order valence-electron chi connectivity index (χ2n) is 6.59. The summed E-state index contributed by atoms with van der Waals surface area (Å²) in [4.78, 5) is 19.7. The lowest BCUT2D eigenvalue weighted by atomic mass is 9.84. The van der Waals surface area contributed by atoms with E-state index in [-0.39, 0.29) is 11.4 Å². The molecule has 0 radical (unpaired) electrons. The number of carbonyl (C=O) groups excluding carboxylic acids is 1. The number of carbonyl (C=O) groups is 1. The number of H-pyrrole nitrogens is 1. The summed E-state index contributed by atoms with van der Waals surface area (Å²) in [5.41, 5.74) is 4.48. The minimum atomic E-state index is -0.335. The zero-order valence-corrected chi connectivity index (χ0v) is 13.8. The van der Waals surface area contributed by atoms with Crippen LogP contribution in [0, 0.1) is 0 Å². The number of methoxy groups -OCH3 is 1. The first kappa shape index (κ1) is 15.3. The Labute approximate surface area is 135 Å². The molecule has 0 atom stereocenters. The van der Waals surface area contributed by atoms with Crippen molar-refractivity contribution in [1.82, 2.24) is 9.97 Å². The third kappa shape index (κ3) is 2.72. The molecule has 2 aromatic heterocycles. The first-order valence-corrected chi connectivity index (χ1v) is 7.58. The van der Waals surface area contributed by atoms with Crippen molar-refractivity contribution in [3.05, 3.63) is 53.7 Å². The predicted octanol–water partition coefficient (Wildman–Crippen LogP) is 4.31. The number of rotatable bonds is 2. The normalized spacial score (nSPS) is 11.7. The van der Waals surface area contributed by atoms with E-state index in [0.717, 1.165) is 22.3 Å². The van der Waals surface area contributed by atoms with Gasteiger partial charge in [-0.3, -0.25) is 4.98 Å². The molecule has 1 aromatic carbocycles. The van der Waals surface area contributed by atoms with Gasteiger partial charge in [0.25, 0.3) is 0 Å². The molecular formula is C19H20N2O2. The highest BCUT2D eigenvalue weighted by Crippen LogP contribution is 2.38. The number of aromatic nitrogens is 2. The van der Waals surface area contributed by atoms with Gasteiger partial charge in [0.05, 0.1) is 24.1 Å². The lowest BCUT2D eigenvalue weighted by Gasteiger charge is -2.20. The van der Waals surface area contributed by atoms with Crippen molar-refractivity contribution in [2.24, 2.45) is 0 Å². The number of nitrogens with one attached hydrogen (secondary N) is 1. The van der Waals surface area contributed by atoms with E-state index >= 15 is 0 Å². The van der Waals surface area contributed by atoms with E-state index in [9.17, 15) is 4.79 Å². The van der Waals surface area contributed by atoms with Crippen LogP contribution in [0.1, 0.15) is 36.7 Å². The number of ether oxygens (including phenoxy) is 1. The third-order valence-corrected chi connectivity index (χ3v) is 3.89. The zero-order chi connectivity index (χ0) is 16.6. The summed E-state index contributed by atoms with van der Waals surface area (Å²) >= 11 is 0. The van der Waals surface area contributed by atoms with E-state index in [0.29, 0.717) is 5.56 Å². The van der Waals surface area contributed by atoms with Gasteiger partial charge < -0.3 is 9.72 Å². The summed E-state index contributed by atoms with van der Waals surface area (Å²) in [5, 5.41) is 1.10. The van der Waals surface area contributed by atoms with E-state index < -0.39 is 0 Å². The van der Waals surface area contributed by atoms with E-state index in [1.54, 1.807) is 12.3 Å². The lowest BCUT2D eigenvalue weighted by molar-refractivity contribution is 0.0601. The highest BCUT2D eigenvalue weighted by atomic mass is 16.5. The number of fused-ring (bicyclic) bond motifs is 1. The largest absolute Gasteiger partial charge is 0.465 e. The summed E-state index contributed by atoms with van der Waals surface area (Å²) in [7, 11) is 1.39. The highest BCUT2D eigenvalue weighted by Gasteiger charge is 2.25. The minimum absolute atomic E-state index is 0.0577. The standard InChI is InChI=1S/C19H20N2O2/c1-19(2,3)16-13-9-8-12(18(22)23-4)11-15(13)21-17(16)14-7-5-6-10-20-14/h5-11,21H,1-4H3. The second kappa shape index (κ2) is 5.54. The van der Waals surface area contributed by atoms with Gasteiger partial charge >= 0.3 is 5.97 Å². The van der Waals surface area contributed by atoms with Crippen LogP contribution in [0.3, 0.4) is 0 Å². The van der Waals surface area contributed by atoms with Crippen LogP contribution >= 0.6 is 0 Å². The van der Waals surface area contributed by atoms with E-state index in [4.69, 9.17) is 4.74 Å². The number of esters is 1. The average molecular weight is 308 g/mol. The molecule has 23 heavy (non-hydrogen) atoms. The Bertz CT molecular complexity index is 858. The van der Waals surface area contributed by atoms with Crippen molar-refractivity contribution in [2.45, 2.75) is 26.2 Å². The molecule has 0 fully saturated rings. The molecule has 2 heterocycles. The fourth-order valence-corrected chi connectivity index (χ4v) is 2.92. The molecule has 118 valence electrons. The maximum atomic E-state index is 11.8. The molecule has 0 aliphatic rings. The molecule has 3 aromatic rings. The monoisotopic (exact) mass is 308 g/mol. The smallest absolute Gasteiger partial charge is 0.337 e. The van der Waals surface area contributed by atoms with Crippen LogP contribution in [0.5, 0.6) is 0 Å². The number of nitrogens with zero attached hydrogens (tertiary/aromatic N) is 1. The number of benzene rings is 1. The van der Waals surface area contributed by atoms with Crippen molar-refractivity contribution in [1.29, 1.82) is 0 Å². The maximum Gasteiger partial charge on any atom is 0.337 e. The van der Waals surface area contributed by atoms with Gasteiger partial charge in [0.15, 0.2) is 0 Å². The summed E-state index contributed by atoms with van der Waals surface area (Å²) in [5.74, 6) is -0.335. The second-order valence-corrected chi connectivity index (χ2v) is 6.59. The van der Waals surface area contributed by atoms with Crippen molar-refractivity contribution in [2.75, 3.05) is 7.11 Å². The van der Waals surface area contributed by atoms with Gasteiger partial charge in [0.1, 0.15) is 0 Å². The van der Waals surface area contributed by atoms with Gasteiger partial charge in [-0.05, 0) is 35.2 Å². The van der Waals surface area contributed by atoms with Gasteiger partial charge in [0, 0.05) is 17.1 Å². The van der Waals surface area contributed by atoms with Crippen LogP contribution < -0.4 is 0 Å². The number of hydrogen-bond acceptors (Lipinski definition) is 3. The molecule has 3 rings (SSSR count). The molecule has 0 aliphatic carbocycles. The van der Waals surface area contributed by atoms with E-state index in [1.165, 1.54) is 12.7 Å². The van der Waals surface area contributed by atoms with Gasteiger partial charge in [-0.15, -0.1) is 0 Å². The molecule has 4 heteroatoms. The molecule has 1 N–H and O–H groups in total.